The molecule has 1 unspecified atom stereocenters. The Labute approximate surface area is 111 Å². The zero-order chi connectivity index (χ0) is 13.5. The van der Waals surface area contributed by atoms with Crippen LogP contribution in [0.2, 0.25) is 5.02 Å². The van der Waals surface area contributed by atoms with Gasteiger partial charge in [-0.05, 0) is 38.1 Å². The lowest BCUT2D eigenvalue weighted by Gasteiger charge is -2.14. The third-order valence-electron chi connectivity index (χ3n) is 2.19. The van der Waals surface area contributed by atoms with Gasteiger partial charge >= 0.3 is 6.03 Å². The number of likely N-dealkylation sites (N-methyl/N-ethyl adjacent to an activating group) is 1. The van der Waals surface area contributed by atoms with Crippen molar-refractivity contribution in [3.05, 3.63) is 29.3 Å². The van der Waals surface area contributed by atoms with E-state index >= 15 is 0 Å². The lowest BCUT2D eigenvalue weighted by Crippen LogP contribution is -2.46. The quantitative estimate of drug-likeness (QED) is 0.782. The van der Waals surface area contributed by atoms with Crippen LogP contribution in [0.3, 0.4) is 0 Å². The van der Waals surface area contributed by atoms with Gasteiger partial charge < -0.3 is 16.0 Å². The number of carbonyl (C=O) groups is 2. The first kappa shape index (κ1) is 14.3. The summed E-state index contributed by atoms with van der Waals surface area (Å²) in [5, 5.41) is 8.36. The fraction of sp³-hybridized carbons (Fsp3) is 0.333. The summed E-state index contributed by atoms with van der Waals surface area (Å²) in [4.78, 5) is 23.0. The molecule has 5 nitrogen and oxygen atoms in total. The van der Waals surface area contributed by atoms with Crippen LogP contribution in [0, 0.1) is 0 Å². The van der Waals surface area contributed by atoms with Gasteiger partial charge in [0.1, 0.15) is 6.04 Å². The number of urea groups is 1. The Balaban J connectivity index is 2.46. The van der Waals surface area contributed by atoms with Gasteiger partial charge in [-0.2, -0.15) is 0 Å². The molecular formula is C12H16ClN3O2. The highest BCUT2D eigenvalue weighted by Crippen LogP contribution is 2.13. The molecule has 0 saturated carbocycles. The Morgan fingerprint density at radius 1 is 1.28 bits per heavy atom. The molecule has 0 aliphatic heterocycles. The van der Waals surface area contributed by atoms with Gasteiger partial charge in [-0.25, -0.2) is 4.79 Å². The molecule has 3 amide bonds. The molecule has 3 N–H and O–H groups in total. The molecule has 1 aromatic rings. The molecule has 0 fully saturated rings. The van der Waals surface area contributed by atoms with Crippen molar-refractivity contribution in [3.8, 4) is 0 Å². The zero-order valence-electron chi connectivity index (χ0n) is 10.3. The highest BCUT2D eigenvalue weighted by Gasteiger charge is 2.14. The van der Waals surface area contributed by atoms with E-state index in [0.717, 1.165) is 0 Å². The monoisotopic (exact) mass is 269 g/mol. The number of carbonyl (C=O) groups excluding carboxylic acids is 2. The van der Waals surface area contributed by atoms with E-state index in [2.05, 4.69) is 16.0 Å². The van der Waals surface area contributed by atoms with Gasteiger partial charge in [0.15, 0.2) is 0 Å². The lowest BCUT2D eigenvalue weighted by atomic mass is 10.3. The maximum Gasteiger partial charge on any atom is 0.319 e. The average molecular weight is 270 g/mol. The van der Waals surface area contributed by atoms with Crippen molar-refractivity contribution in [2.75, 3.05) is 11.9 Å². The largest absolute Gasteiger partial charge is 0.355 e. The van der Waals surface area contributed by atoms with E-state index in [4.69, 9.17) is 11.6 Å². The zero-order valence-corrected chi connectivity index (χ0v) is 11.0. The number of hydrogen-bond donors (Lipinski definition) is 3. The van der Waals surface area contributed by atoms with E-state index in [1.165, 1.54) is 0 Å². The van der Waals surface area contributed by atoms with Gasteiger partial charge in [0.25, 0.3) is 0 Å². The smallest absolute Gasteiger partial charge is 0.319 e. The van der Waals surface area contributed by atoms with Crippen LogP contribution in [-0.2, 0) is 4.79 Å². The Bertz CT molecular complexity index is 420. The Morgan fingerprint density at radius 2 is 1.89 bits per heavy atom. The average Bonchev–Trinajstić information content (AvgIpc) is 2.32. The summed E-state index contributed by atoms with van der Waals surface area (Å²) < 4.78 is 0. The van der Waals surface area contributed by atoms with Crippen LogP contribution in [-0.4, -0.2) is 24.5 Å². The van der Waals surface area contributed by atoms with E-state index in [9.17, 15) is 9.59 Å². The highest BCUT2D eigenvalue weighted by molar-refractivity contribution is 6.30. The first-order chi connectivity index (χ1) is 8.52. The molecule has 0 saturated heterocycles. The lowest BCUT2D eigenvalue weighted by molar-refractivity contribution is -0.122. The highest BCUT2D eigenvalue weighted by atomic mass is 35.5. The minimum atomic E-state index is -0.586. The first-order valence-corrected chi connectivity index (χ1v) is 6.01. The van der Waals surface area contributed by atoms with E-state index in [1.54, 1.807) is 31.2 Å². The maximum absolute atomic E-state index is 11.6. The molecule has 0 aromatic heterocycles. The molecule has 0 aliphatic carbocycles. The summed E-state index contributed by atoms with van der Waals surface area (Å²) in [5.41, 5.74) is 0.611. The second-order valence-corrected chi connectivity index (χ2v) is 4.16. The van der Waals surface area contributed by atoms with Gasteiger partial charge in [-0.15, -0.1) is 0 Å². The van der Waals surface area contributed by atoms with E-state index in [1.807, 2.05) is 6.92 Å². The van der Waals surface area contributed by atoms with E-state index in [0.29, 0.717) is 17.3 Å². The fourth-order valence-electron chi connectivity index (χ4n) is 1.29. The molecule has 98 valence electrons. The van der Waals surface area contributed by atoms with Crippen molar-refractivity contribution < 1.29 is 9.59 Å². The van der Waals surface area contributed by atoms with Crippen LogP contribution >= 0.6 is 11.6 Å². The first-order valence-electron chi connectivity index (χ1n) is 5.63. The molecule has 6 heteroatoms. The fourth-order valence-corrected chi connectivity index (χ4v) is 1.42. The molecule has 0 radical (unpaired) electrons. The summed E-state index contributed by atoms with van der Waals surface area (Å²) >= 11 is 5.73. The molecule has 0 heterocycles. The summed E-state index contributed by atoms with van der Waals surface area (Å²) in [6.45, 7) is 3.97. The topological polar surface area (TPSA) is 70.2 Å². The molecule has 0 aliphatic rings. The van der Waals surface area contributed by atoms with Crippen molar-refractivity contribution in [1.29, 1.82) is 0 Å². The van der Waals surface area contributed by atoms with Crippen LogP contribution in [0.5, 0.6) is 0 Å². The molecule has 0 spiro atoms. The third kappa shape index (κ3) is 4.63. The normalized spacial score (nSPS) is 11.5. The molecular weight excluding hydrogens is 254 g/mol. The van der Waals surface area contributed by atoms with Crippen LogP contribution in [0.15, 0.2) is 24.3 Å². The summed E-state index contributed by atoms with van der Waals surface area (Å²) in [5.74, 6) is -0.219. The van der Waals surface area contributed by atoms with Gasteiger partial charge in [-0.3, -0.25) is 4.79 Å². The summed E-state index contributed by atoms with van der Waals surface area (Å²) in [6.07, 6.45) is 0. The SMILES string of the molecule is CCNC(=O)C(C)NC(=O)Nc1ccc(Cl)cc1. The Kier molecular flexibility index (Phi) is 5.45. The number of anilines is 1. The third-order valence-corrected chi connectivity index (χ3v) is 2.45. The predicted octanol–water partition coefficient (Wildman–Crippen LogP) is 1.99. The van der Waals surface area contributed by atoms with Gasteiger partial charge in [0.05, 0.1) is 0 Å². The summed E-state index contributed by atoms with van der Waals surface area (Å²) in [7, 11) is 0. The maximum atomic E-state index is 11.6. The van der Waals surface area contributed by atoms with Gasteiger partial charge in [0, 0.05) is 17.3 Å². The number of amides is 3. The number of halogens is 1. The van der Waals surface area contributed by atoms with Crippen LogP contribution < -0.4 is 16.0 Å². The van der Waals surface area contributed by atoms with Crippen molar-refractivity contribution in [2.45, 2.75) is 19.9 Å². The Hall–Kier alpha value is -1.75. The second kappa shape index (κ2) is 6.86. The minimum absolute atomic E-state index is 0.219. The number of rotatable bonds is 4. The second-order valence-electron chi connectivity index (χ2n) is 3.72. The molecule has 0 bridgehead atoms. The number of nitrogens with one attached hydrogen (secondary N) is 3. The number of hydrogen-bond acceptors (Lipinski definition) is 2. The van der Waals surface area contributed by atoms with Crippen molar-refractivity contribution in [2.24, 2.45) is 0 Å². The standard InChI is InChI=1S/C12H16ClN3O2/c1-3-14-11(17)8(2)15-12(18)16-10-6-4-9(13)5-7-10/h4-8H,3H2,1-2H3,(H,14,17)(H2,15,16,18). The van der Waals surface area contributed by atoms with Crippen LogP contribution in [0.4, 0.5) is 10.5 Å². The van der Waals surface area contributed by atoms with Crippen LogP contribution in [0.25, 0.3) is 0 Å². The van der Waals surface area contributed by atoms with Gasteiger partial charge in [0.2, 0.25) is 5.91 Å². The van der Waals surface area contributed by atoms with Crippen molar-refractivity contribution in [1.82, 2.24) is 10.6 Å². The van der Waals surface area contributed by atoms with Crippen LogP contribution in [0.1, 0.15) is 13.8 Å². The molecule has 1 aromatic carbocycles. The van der Waals surface area contributed by atoms with Crippen molar-refractivity contribution >= 4 is 29.2 Å². The van der Waals surface area contributed by atoms with E-state index in [-0.39, 0.29) is 5.91 Å². The molecule has 1 atom stereocenters. The van der Waals surface area contributed by atoms with E-state index < -0.39 is 12.1 Å². The number of benzene rings is 1. The molecule has 1 rings (SSSR count). The minimum Gasteiger partial charge on any atom is -0.355 e. The predicted molar refractivity (Wildman–Crippen MR) is 71.8 cm³/mol. The van der Waals surface area contributed by atoms with Gasteiger partial charge in [-0.1, -0.05) is 11.6 Å². The molecule has 18 heavy (non-hydrogen) atoms. The van der Waals surface area contributed by atoms with Crippen molar-refractivity contribution in [3.63, 3.8) is 0 Å². The summed E-state index contributed by atoms with van der Waals surface area (Å²) in [6, 6.07) is 5.68. The Morgan fingerprint density at radius 3 is 2.44 bits per heavy atom.